The third-order valence-electron chi connectivity index (χ3n) is 3.13. The molecule has 3 heteroatoms. The van der Waals surface area contributed by atoms with Gasteiger partial charge in [-0.2, -0.15) is 0 Å². The molecule has 1 aromatic carbocycles. The first-order valence-corrected chi connectivity index (χ1v) is 7.27. The Morgan fingerprint density at radius 3 is 2.94 bits per heavy atom. The average Bonchev–Trinajstić information content (AvgIpc) is 3.12. The molecular weight excluding hydrogens is 293 g/mol. The Bertz CT molecular complexity index is 438. The summed E-state index contributed by atoms with van der Waals surface area (Å²) in [6.45, 7) is 3.19. The van der Waals surface area contributed by atoms with Crippen molar-refractivity contribution in [3.8, 4) is 0 Å². The van der Waals surface area contributed by atoms with Crippen LogP contribution in [0.15, 0.2) is 34.3 Å². The minimum Gasteiger partial charge on any atom is -0.314 e. The quantitative estimate of drug-likeness (QED) is 0.612. The number of halogens is 2. The van der Waals surface area contributed by atoms with Gasteiger partial charge >= 0.3 is 0 Å². The highest BCUT2D eigenvalue weighted by Crippen LogP contribution is 2.21. The van der Waals surface area contributed by atoms with Gasteiger partial charge in [0.15, 0.2) is 0 Å². The Kier molecular flexibility index (Phi) is 4.95. The molecule has 0 bridgehead atoms. The van der Waals surface area contributed by atoms with Crippen LogP contribution < -0.4 is 5.32 Å². The summed E-state index contributed by atoms with van der Waals surface area (Å²) in [6, 6.07) is 5.67. The van der Waals surface area contributed by atoms with Gasteiger partial charge in [0.05, 0.1) is 0 Å². The lowest BCUT2D eigenvalue weighted by atomic mass is 10.1. The van der Waals surface area contributed by atoms with E-state index in [0.717, 1.165) is 35.5 Å². The average molecular weight is 312 g/mol. The molecule has 0 aliphatic heterocycles. The first-order chi connectivity index (χ1) is 8.65. The summed E-state index contributed by atoms with van der Waals surface area (Å²) in [5.74, 6) is -0.194. The van der Waals surface area contributed by atoms with Crippen LogP contribution in [-0.4, -0.2) is 12.6 Å². The van der Waals surface area contributed by atoms with E-state index in [1.54, 1.807) is 0 Å². The van der Waals surface area contributed by atoms with Crippen LogP contribution in [-0.2, 0) is 6.42 Å². The molecule has 0 unspecified atom stereocenters. The molecule has 1 aliphatic rings. The number of allylic oxidation sites excluding steroid dienone is 1. The molecule has 1 fully saturated rings. The second-order valence-corrected chi connectivity index (χ2v) is 5.83. The molecule has 1 saturated carbocycles. The van der Waals surface area contributed by atoms with Crippen LogP contribution >= 0.6 is 15.9 Å². The van der Waals surface area contributed by atoms with Crippen LogP contribution in [0.4, 0.5) is 4.39 Å². The number of nitrogens with one attached hydrogen (secondary N) is 1. The first kappa shape index (κ1) is 13.8. The maximum absolute atomic E-state index is 13.0. The van der Waals surface area contributed by atoms with Crippen molar-refractivity contribution in [2.45, 2.75) is 38.6 Å². The van der Waals surface area contributed by atoms with Crippen LogP contribution in [0.2, 0.25) is 0 Å². The zero-order valence-corrected chi connectivity index (χ0v) is 12.3. The smallest absolute Gasteiger partial charge is 0.124 e. The van der Waals surface area contributed by atoms with Crippen LogP contribution in [0.25, 0.3) is 0 Å². The van der Waals surface area contributed by atoms with Gasteiger partial charge in [-0.3, -0.25) is 0 Å². The molecule has 1 aliphatic carbocycles. The lowest BCUT2D eigenvalue weighted by Gasteiger charge is -2.06. The predicted molar refractivity (Wildman–Crippen MR) is 77.2 cm³/mol. The molecule has 0 atom stereocenters. The maximum Gasteiger partial charge on any atom is 0.124 e. The van der Waals surface area contributed by atoms with Crippen molar-refractivity contribution in [2.75, 3.05) is 6.54 Å². The molecule has 0 saturated heterocycles. The van der Waals surface area contributed by atoms with Gasteiger partial charge in [0, 0.05) is 10.5 Å². The van der Waals surface area contributed by atoms with Crippen LogP contribution in [0.1, 0.15) is 31.7 Å². The molecular formula is C15H19BrFN. The van der Waals surface area contributed by atoms with Crippen molar-refractivity contribution in [2.24, 2.45) is 0 Å². The van der Waals surface area contributed by atoms with Gasteiger partial charge in [-0.25, -0.2) is 4.39 Å². The summed E-state index contributed by atoms with van der Waals surface area (Å²) in [5, 5.41) is 3.49. The highest BCUT2D eigenvalue weighted by Gasteiger charge is 2.19. The highest BCUT2D eigenvalue weighted by molar-refractivity contribution is 9.10. The summed E-state index contributed by atoms with van der Waals surface area (Å²) in [5.41, 5.74) is 2.47. The molecule has 98 valence electrons. The van der Waals surface area contributed by atoms with Gasteiger partial charge in [0.2, 0.25) is 0 Å². The fourth-order valence-corrected chi connectivity index (χ4v) is 2.42. The van der Waals surface area contributed by atoms with Gasteiger partial charge in [0.1, 0.15) is 5.82 Å². The lowest BCUT2D eigenvalue weighted by molar-refractivity contribution is 0.626. The minimum atomic E-state index is -0.194. The Labute approximate surface area is 117 Å². The minimum absolute atomic E-state index is 0.194. The number of rotatable bonds is 6. The van der Waals surface area contributed by atoms with Crippen LogP contribution in [0.3, 0.4) is 0 Å². The molecule has 1 aromatic rings. The largest absolute Gasteiger partial charge is 0.314 e. The van der Waals surface area contributed by atoms with E-state index in [9.17, 15) is 4.39 Å². The number of benzene rings is 1. The third kappa shape index (κ3) is 4.54. The van der Waals surface area contributed by atoms with E-state index >= 15 is 0 Å². The second-order valence-electron chi connectivity index (χ2n) is 4.98. The maximum atomic E-state index is 13.0. The molecule has 0 aromatic heterocycles. The molecule has 0 heterocycles. The van der Waals surface area contributed by atoms with E-state index in [4.69, 9.17) is 0 Å². The Morgan fingerprint density at radius 2 is 2.28 bits per heavy atom. The van der Waals surface area contributed by atoms with E-state index in [1.165, 1.54) is 30.5 Å². The van der Waals surface area contributed by atoms with Crippen molar-refractivity contribution in [3.63, 3.8) is 0 Å². The summed E-state index contributed by atoms with van der Waals surface area (Å²) in [4.78, 5) is 0. The molecule has 1 N–H and O–H groups in total. The fourth-order valence-electron chi connectivity index (χ4n) is 1.93. The highest BCUT2D eigenvalue weighted by atomic mass is 79.9. The zero-order valence-electron chi connectivity index (χ0n) is 10.7. The van der Waals surface area contributed by atoms with Crippen molar-refractivity contribution >= 4 is 15.9 Å². The topological polar surface area (TPSA) is 12.0 Å². The normalized spacial score (nSPS) is 16.1. The first-order valence-electron chi connectivity index (χ1n) is 6.48. The second kappa shape index (κ2) is 6.48. The fraction of sp³-hybridized carbons (Fsp3) is 0.467. The van der Waals surface area contributed by atoms with E-state index in [0.29, 0.717) is 0 Å². The molecule has 1 nitrogen and oxygen atoms in total. The Balaban J connectivity index is 1.80. The van der Waals surface area contributed by atoms with Gasteiger partial charge in [-0.05, 0) is 56.8 Å². The van der Waals surface area contributed by atoms with Crippen molar-refractivity contribution in [1.82, 2.24) is 5.32 Å². The van der Waals surface area contributed by atoms with Crippen molar-refractivity contribution in [1.29, 1.82) is 0 Å². The van der Waals surface area contributed by atoms with Gasteiger partial charge in [-0.1, -0.05) is 33.6 Å². The summed E-state index contributed by atoms with van der Waals surface area (Å²) in [6.07, 6.45) is 6.90. The molecule has 0 radical (unpaired) electrons. The number of hydrogen-bond donors (Lipinski definition) is 1. The van der Waals surface area contributed by atoms with Crippen LogP contribution in [0.5, 0.6) is 0 Å². The Morgan fingerprint density at radius 1 is 1.50 bits per heavy atom. The summed E-state index contributed by atoms with van der Waals surface area (Å²) < 4.78 is 13.8. The standard InChI is InChI=1S/C15H19BrFN/c1-11(3-2-8-18-14-6-7-14)9-12-4-5-13(17)10-15(12)16/h3-5,10,14,18H,2,6-9H2,1H3. The molecule has 0 amide bonds. The van der Waals surface area contributed by atoms with E-state index in [1.807, 2.05) is 6.07 Å². The monoisotopic (exact) mass is 311 g/mol. The molecule has 0 spiro atoms. The predicted octanol–water partition coefficient (Wildman–Crippen LogP) is 4.22. The van der Waals surface area contributed by atoms with Gasteiger partial charge < -0.3 is 5.32 Å². The summed E-state index contributed by atoms with van der Waals surface area (Å²) in [7, 11) is 0. The van der Waals surface area contributed by atoms with Crippen LogP contribution in [0, 0.1) is 5.82 Å². The van der Waals surface area contributed by atoms with E-state index in [-0.39, 0.29) is 5.82 Å². The Hall–Kier alpha value is -0.670. The zero-order chi connectivity index (χ0) is 13.0. The van der Waals surface area contributed by atoms with E-state index in [2.05, 4.69) is 34.2 Å². The summed E-state index contributed by atoms with van der Waals surface area (Å²) >= 11 is 3.41. The molecule has 18 heavy (non-hydrogen) atoms. The SMILES string of the molecule is CC(=CCCNC1CC1)Cc1ccc(F)cc1Br. The molecule has 2 rings (SSSR count). The van der Waals surface area contributed by atoms with E-state index < -0.39 is 0 Å². The van der Waals surface area contributed by atoms with Crippen molar-refractivity contribution in [3.05, 3.63) is 45.7 Å². The van der Waals surface area contributed by atoms with Gasteiger partial charge in [-0.15, -0.1) is 0 Å². The van der Waals surface area contributed by atoms with Crippen molar-refractivity contribution < 1.29 is 4.39 Å². The lowest BCUT2D eigenvalue weighted by Crippen LogP contribution is -2.16. The third-order valence-corrected chi connectivity index (χ3v) is 3.87. The van der Waals surface area contributed by atoms with Gasteiger partial charge in [0.25, 0.3) is 0 Å². The number of hydrogen-bond acceptors (Lipinski definition) is 1.